The number of aliphatic carboxylic acids is 1. The minimum Gasteiger partial charge on any atom is -0.475 e. The fourth-order valence-corrected chi connectivity index (χ4v) is 4.09. The molecule has 0 aliphatic carbocycles. The zero-order valence-corrected chi connectivity index (χ0v) is 17.6. The molecule has 2 amide bonds. The Hall–Kier alpha value is -2.18. The van der Waals surface area contributed by atoms with Gasteiger partial charge in [0.2, 0.25) is 11.8 Å². The van der Waals surface area contributed by atoms with Crippen LogP contribution in [0.1, 0.15) is 9.75 Å². The number of carbonyl (C=O) groups excluding carboxylic acids is 2. The number of nitrogens with zero attached hydrogens (tertiary/aromatic N) is 3. The van der Waals surface area contributed by atoms with Gasteiger partial charge in [-0.3, -0.25) is 14.5 Å². The predicted octanol–water partition coefficient (Wildman–Crippen LogP) is 1.19. The van der Waals surface area contributed by atoms with Gasteiger partial charge in [0.15, 0.2) is 0 Å². The van der Waals surface area contributed by atoms with E-state index in [1.165, 1.54) is 14.7 Å². The highest BCUT2D eigenvalue weighted by Gasteiger charge is 2.43. The van der Waals surface area contributed by atoms with E-state index in [1.54, 1.807) is 30.3 Å². The fraction of sp³-hybridized carbons (Fsp3) is 0.611. The Morgan fingerprint density at radius 2 is 1.93 bits per heavy atom. The lowest BCUT2D eigenvalue weighted by atomic mass is 10.1. The van der Waals surface area contributed by atoms with E-state index < -0.39 is 12.1 Å². The van der Waals surface area contributed by atoms with Gasteiger partial charge in [-0.05, 0) is 19.1 Å². The van der Waals surface area contributed by atoms with Gasteiger partial charge in [0.05, 0.1) is 12.1 Å². The molecule has 2 fully saturated rings. The van der Waals surface area contributed by atoms with E-state index in [4.69, 9.17) is 14.6 Å². The molecule has 0 bridgehead atoms. The number of rotatable bonds is 4. The number of carbonyl (C=O) groups is 3. The first kappa shape index (κ1) is 24.1. The quantitative estimate of drug-likeness (QED) is 0.740. The Morgan fingerprint density at radius 3 is 2.43 bits per heavy atom. The van der Waals surface area contributed by atoms with Gasteiger partial charge >= 0.3 is 12.1 Å². The van der Waals surface area contributed by atoms with Crippen LogP contribution in [0, 0.1) is 6.92 Å². The summed E-state index contributed by atoms with van der Waals surface area (Å²) in [6.07, 6.45) is -5.08. The summed E-state index contributed by atoms with van der Waals surface area (Å²) in [5.74, 6) is -2.89. The Morgan fingerprint density at radius 1 is 1.30 bits per heavy atom. The van der Waals surface area contributed by atoms with E-state index >= 15 is 0 Å². The first-order valence-electron chi connectivity index (χ1n) is 9.07. The van der Waals surface area contributed by atoms with Crippen molar-refractivity contribution in [3.8, 4) is 0 Å². The normalized spacial score (nSPS) is 21.7. The number of fused-ring (bicyclic) bond motifs is 1. The second-order valence-electron chi connectivity index (χ2n) is 7.24. The van der Waals surface area contributed by atoms with Crippen LogP contribution < -0.4 is 0 Å². The molecule has 0 unspecified atom stereocenters. The highest BCUT2D eigenvalue weighted by atomic mass is 32.1. The van der Waals surface area contributed by atoms with Crippen molar-refractivity contribution in [1.29, 1.82) is 0 Å². The molecule has 3 rings (SSSR count). The van der Waals surface area contributed by atoms with Crippen molar-refractivity contribution in [1.82, 2.24) is 14.7 Å². The molecule has 2 atom stereocenters. The number of likely N-dealkylation sites (tertiary alicyclic amines) is 1. The molecule has 30 heavy (non-hydrogen) atoms. The van der Waals surface area contributed by atoms with Crippen molar-refractivity contribution in [3.05, 3.63) is 21.9 Å². The summed E-state index contributed by atoms with van der Waals surface area (Å²) in [6, 6.07) is 4.26. The van der Waals surface area contributed by atoms with E-state index in [2.05, 4.69) is 24.0 Å². The van der Waals surface area contributed by atoms with Crippen molar-refractivity contribution in [3.63, 3.8) is 0 Å². The standard InChI is InChI=1S/C16H23N3O3S.C2HF3O2/c1-11-4-5-12(23-11)6-18-7-13-14(8-18)22-10-16(21)19(13)9-15(20)17(2)3;3-2(4,5)1(6)7/h4-5,13-14H,6-10H2,1-3H3;(H,6,7)/t13-,14-;/m1./s1. The van der Waals surface area contributed by atoms with Crippen molar-refractivity contribution < 1.29 is 37.4 Å². The average Bonchev–Trinajstić information content (AvgIpc) is 3.23. The van der Waals surface area contributed by atoms with E-state index in [-0.39, 0.29) is 37.1 Å². The van der Waals surface area contributed by atoms with Crippen LogP contribution >= 0.6 is 11.3 Å². The number of amides is 2. The third kappa shape index (κ3) is 6.41. The number of aryl methyl sites for hydroxylation is 1. The minimum atomic E-state index is -5.08. The van der Waals surface area contributed by atoms with E-state index in [0.29, 0.717) is 0 Å². The summed E-state index contributed by atoms with van der Waals surface area (Å²) in [5, 5.41) is 7.12. The predicted molar refractivity (Wildman–Crippen MR) is 102 cm³/mol. The van der Waals surface area contributed by atoms with Crippen molar-refractivity contribution in [2.24, 2.45) is 0 Å². The van der Waals surface area contributed by atoms with Crippen molar-refractivity contribution >= 4 is 29.1 Å². The molecule has 2 saturated heterocycles. The van der Waals surface area contributed by atoms with Crippen LogP contribution in [0.3, 0.4) is 0 Å². The first-order chi connectivity index (χ1) is 13.9. The summed E-state index contributed by atoms with van der Waals surface area (Å²) in [7, 11) is 3.43. The number of hydrogen-bond acceptors (Lipinski definition) is 6. The Kier molecular flexibility index (Phi) is 7.83. The molecule has 1 aromatic rings. The third-order valence-corrected chi connectivity index (χ3v) is 5.66. The second kappa shape index (κ2) is 9.75. The summed E-state index contributed by atoms with van der Waals surface area (Å²) < 4.78 is 37.4. The molecule has 0 radical (unpaired) electrons. The highest BCUT2D eigenvalue weighted by molar-refractivity contribution is 7.11. The van der Waals surface area contributed by atoms with E-state index in [9.17, 15) is 22.8 Å². The summed E-state index contributed by atoms with van der Waals surface area (Å²) in [5.41, 5.74) is 0. The SMILES string of the molecule is Cc1ccc(CN2C[C@@H]3[C@@H](C2)OCC(=O)N3CC(=O)N(C)C)s1.O=C(O)C(F)(F)F. The molecule has 0 aromatic carbocycles. The first-order valence-corrected chi connectivity index (χ1v) is 9.89. The number of hydrogen-bond donors (Lipinski definition) is 1. The van der Waals surface area contributed by atoms with Crippen molar-refractivity contribution in [2.75, 3.05) is 40.3 Å². The smallest absolute Gasteiger partial charge is 0.475 e. The lowest BCUT2D eigenvalue weighted by Crippen LogP contribution is -2.56. The van der Waals surface area contributed by atoms with Crippen LogP contribution in [0.5, 0.6) is 0 Å². The molecule has 2 aliphatic rings. The molecular weight excluding hydrogens is 427 g/mol. The van der Waals surface area contributed by atoms with Crippen LogP contribution in [0.4, 0.5) is 13.2 Å². The van der Waals surface area contributed by atoms with Crippen LogP contribution in [-0.2, 0) is 25.7 Å². The number of alkyl halides is 3. The molecule has 1 aromatic heterocycles. The molecule has 168 valence electrons. The van der Waals surface area contributed by atoms with Crippen LogP contribution in [0.15, 0.2) is 12.1 Å². The monoisotopic (exact) mass is 451 g/mol. The largest absolute Gasteiger partial charge is 0.490 e. The lowest BCUT2D eigenvalue weighted by Gasteiger charge is -2.36. The highest BCUT2D eigenvalue weighted by Crippen LogP contribution is 2.26. The maximum Gasteiger partial charge on any atom is 0.490 e. The molecule has 3 heterocycles. The number of morpholine rings is 1. The number of ether oxygens (including phenoxy) is 1. The number of halogens is 3. The van der Waals surface area contributed by atoms with Gasteiger partial charge in [-0.2, -0.15) is 13.2 Å². The van der Waals surface area contributed by atoms with Gasteiger partial charge in [0.1, 0.15) is 13.2 Å². The number of carboxylic acids is 1. The Labute approximate surface area is 175 Å². The maximum absolute atomic E-state index is 12.2. The van der Waals surface area contributed by atoms with E-state index in [1.807, 2.05) is 0 Å². The van der Waals surface area contributed by atoms with Gasteiger partial charge in [0, 0.05) is 43.5 Å². The molecule has 0 spiro atoms. The zero-order valence-electron chi connectivity index (χ0n) is 16.8. The van der Waals surface area contributed by atoms with Crippen LogP contribution in [0.2, 0.25) is 0 Å². The zero-order chi connectivity index (χ0) is 22.6. The minimum absolute atomic E-state index is 0.00345. The average molecular weight is 451 g/mol. The van der Waals surface area contributed by atoms with Gasteiger partial charge < -0.3 is 19.6 Å². The van der Waals surface area contributed by atoms with Crippen LogP contribution in [-0.4, -0.2) is 96.2 Å². The molecule has 0 saturated carbocycles. The van der Waals surface area contributed by atoms with Gasteiger partial charge in [-0.15, -0.1) is 11.3 Å². The number of carboxylic acid groups (broad SMARTS) is 1. The van der Waals surface area contributed by atoms with Gasteiger partial charge in [0.25, 0.3) is 0 Å². The van der Waals surface area contributed by atoms with Crippen molar-refractivity contribution in [2.45, 2.75) is 31.8 Å². The molecule has 12 heteroatoms. The van der Waals surface area contributed by atoms with Gasteiger partial charge in [-0.1, -0.05) is 0 Å². The van der Waals surface area contributed by atoms with Crippen LogP contribution in [0.25, 0.3) is 0 Å². The lowest BCUT2D eigenvalue weighted by molar-refractivity contribution is -0.192. The summed E-state index contributed by atoms with van der Waals surface area (Å²) in [4.78, 5) is 41.2. The number of thiophene rings is 1. The van der Waals surface area contributed by atoms with E-state index in [0.717, 1.165) is 19.6 Å². The Bertz CT molecular complexity index is 783. The summed E-state index contributed by atoms with van der Waals surface area (Å²) in [6.45, 7) is 4.76. The molecule has 2 aliphatic heterocycles. The van der Waals surface area contributed by atoms with Gasteiger partial charge in [-0.25, -0.2) is 4.79 Å². The molecular formula is C18H24F3N3O5S. The molecule has 1 N–H and O–H groups in total. The fourth-order valence-electron chi connectivity index (χ4n) is 3.15. The number of likely N-dealkylation sites (N-methyl/N-ethyl adjacent to an activating group) is 1. The maximum atomic E-state index is 12.2. The summed E-state index contributed by atoms with van der Waals surface area (Å²) >= 11 is 1.80. The second-order valence-corrected chi connectivity index (χ2v) is 8.61. The molecule has 8 nitrogen and oxygen atoms in total. The third-order valence-electron chi connectivity index (χ3n) is 4.68. The Balaban J connectivity index is 0.000000396. The topological polar surface area (TPSA) is 90.4 Å².